The maximum atomic E-state index is 12.6. The van der Waals surface area contributed by atoms with Gasteiger partial charge in [0.05, 0.1) is 10.6 Å². The number of rotatable bonds is 3. The summed E-state index contributed by atoms with van der Waals surface area (Å²) in [4.78, 5) is 11.1. The summed E-state index contributed by atoms with van der Waals surface area (Å²) in [7, 11) is -3.53. The van der Waals surface area contributed by atoms with E-state index < -0.39 is 10.0 Å². The summed E-state index contributed by atoms with van der Waals surface area (Å²) in [5.74, 6) is 0. The third-order valence-corrected chi connectivity index (χ3v) is 5.25. The first kappa shape index (κ1) is 12.9. The van der Waals surface area contributed by atoms with Gasteiger partial charge in [-0.1, -0.05) is 18.2 Å². The Morgan fingerprint density at radius 1 is 1.05 bits per heavy atom. The van der Waals surface area contributed by atoms with Gasteiger partial charge in [0.1, 0.15) is 6.29 Å². The third kappa shape index (κ3) is 2.00. The van der Waals surface area contributed by atoms with E-state index in [-0.39, 0.29) is 4.90 Å². The van der Waals surface area contributed by atoms with Crippen LogP contribution in [0, 0.1) is 0 Å². The van der Waals surface area contributed by atoms with Gasteiger partial charge in [0.2, 0.25) is 0 Å². The lowest BCUT2D eigenvalue weighted by Crippen LogP contribution is -2.29. The molecule has 5 heteroatoms. The van der Waals surface area contributed by atoms with E-state index in [1.54, 1.807) is 48.5 Å². The molecule has 0 bridgehead atoms. The molecule has 0 saturated heterocycles. The van der Waals surface area contributed by atoms with Crippen molar-refractivity contribution in [1.29, 1.82) is 0 Å². The number of sulfonamides is 1. The Morgan fingerprint density at radius 2 is 1.80 bits per heavy atom. The Labute approximate surface area is 117 Å². The molecule has 0 spiro atoms. The molecule has 0 saturated carbocycles. The fraction of sp³-hybridized carbons (Fsp3) is 0.133. The number of carbonyl (C=O) groups is 1. The molecule has 2 aromatic carbocycles. The highest BCUT2D eigenvalue weighted by Gasteiger charge is 2.30. The number of carbonyl (C=O) groups excluding carboxylic acids is 1. The van der Waals surface area contributed by atoms with Crippen LogP contribution in [-0.2, 0) is 16.4 Å². The normalized spacial score (nSPS) is 14.1. The molecule has 0 amide bonds. The molecular weight excluding hydrogens is 274 g/mol. The van der Waals surface area contributed by atoms with Crippen molar-refractivity contribution in [2.75, 3.05) is 10.8 Å². The van der Waals surface area contributed by atoms with Crippen LogP contribution in [0.15, 0.2) is 53.4 Å². The predicted molar refractivity (Wildman–Crippen MR) is 76.5 cm³/mol. The molecule has 20 heavy (non-hydrogen) atoms. The minimum atomic E-state index is -3.53. The molecule has 4 nitrogen and oxygen atoms in total. The minimum Gasteiger partial charge on any atom is -0.298 e. The molecule has 0 unspecified atom stereocenters. The van der Waals surface area contributed by atoms with Crippen molar-refractivity contribution < 1.29 is 13.2 Å². The number of hydrogen-bond acceptors (Lipinski definition) is 3. The average molecular weight is 287 g/mol. The van der Waals surface area contributed by atoms with Crippen molar-refractivity contribution in [3.05, 3.63) is 59.7 Å². The molecule has 3 rings (SSSR count). The van der Waals surface area contributed by atoms with E-state index in [0.717, 1.165) is 11.8 Å². The van der Waals surface area contributed by atoms with Crippen LogP contribution in [0.25, 0.3) is 0 Å². The van der Waals surface area contributed by atoms with E-state index >= 15 is 0 Å². The first-order valence-electron chi connectivity index (χ1n) is 6.29. The zero-order valence-electron chi connectivity index (χ0n) is 10.7. The van der Waals surface area contributed by atoms with Gasteiger partial charge in [0, 0.05) is 12.1 Å². The number of aldehydes is 1. The Balaban J connectivity index is 2.05. The highest BCUT2D eigenvalue weighted by atomic mass is 32.2. The lowest BCUT2D eigenvalue weighted by Gasteiger charge is -2.19. The zero-order chi connectivity index (χ0) is 14.2. The summed E-state index contributed by atoms with van der Waals surface area (Å²) >= 11 is 0. The standard InChI is InChI=1S/C15H13NO3S/c17-11-12-6-7-15-13(10-12)8-9-16(15)20(18,19)14-4-2-1-3-5-14/h1-7,10-11H,8-9H2. The van der Waals surface area contributed by atoms with Gasteiger partial charge in [0.25, 0.3) is 10.0 Å². The second-order valence-electron chi connectivity index (χ2n) is 4.65. The van der Waals surface area contributed by atoms with Crippen LogP contribution in [-0.4, -0.2) is 21.2 Å². The lowest BCUT2D eigenvalue weighted by atomic mass is 10.1. The molecule has 0 aromatic heterocycles. The highest BCUT2D eigenvalue weighted by molar-refractivity contribution is 7.92. The molecule has 1 aliphatic heterocycles. The van der Waals surface area contributed by atoms with Gasteiger partial charge in [-0.2, -0.15) is 0 Å². The molecule has 1 heterocycles. The molecule has 1 aliphatic rings. The van der Waals surface area contributed by atoms with Crippen LogP contribution in [0.3, 0.4) is 0 Å². The summed E-state index contributed by atoms with van der Waals surface area (Å²) in [5.41, 5.74) is 2.14. The first-order valence-corrected chi connectivity index (χ1v) is 7.73. The first-order chi connectivity index (χ1) is 9.63. The van der Waals surface area contributed by atoms with E-state index in [4.69, 9.17) is 0 Å². The van der Waals surface area contributed by atoms with E-state index in [2.05, 4.69) is 0 Å². The Kier molecular flexibility index (Phi) is 3.06. The van der Waals surface area contributed by atoms with E-state index in [1.807, 2.05) is 0 Å². The Hall–Kier alpha value is -2.14. The molecule has 2 aromatic rings. The van der Waals surface area contributed by atoms with Gasteiger partial charge in [-0.3, -0.25) is 9.10 Å². The SMILES string of the molecule is O=Cc1ccc2c(c1)CCN2S(=O)(=O)c1ccccc1. The summed E-state index contributed by atoms with van der Waals surface area (Å²) in [6.45, 7) is 0.412. The number of fused-ring (bicyclic) bond motifs is 1. The fourth-order valence-electron chi connectivity index (χ4n) is 2.43. The second kappa shape index (κ2) is 4.76. The smallest absolute Gasteiger partial charge is 0.264 e. The van der Waals surface area contributed by atoms with Crippen LogP contribution >= 0.6 is 0 Å². The number of benzene rings is 2. The summed E-state index contributed by atoms with van der Waals surface area (Å²) in [5, 5.41) is 0. The quantitative estimate of drug-likeness (QED) is 0.814. The maximum Gasteiger partial charge on any atom is 0.264 e. The number of anilines is 1. The van der Waals surface area contributed by atoms with E-state index in [1.165, 1.54) is 4.31 Å². The molecule has 0 radical (unpaired) electrons. The van der Waals surface area contributed by atoms with E-state index in [0.29, 0.717) is 24.2 Å². The van der Waals surface area contributed by atoms with Crippen molar-refractivity contribution in [1.82, 2.24) is 0 Å². The summed E-state index contributed by atoms with van der Waals surface area (Å²) in [6.07, 6.45) is 1.40. The summed E-state index contributed by atoms with van der Waals surface area (Å²) < 4.78 is 26.6. The minimum absolute atomic E-state index is 0.285. The third-order valence-electron chi connectivity index (χ3n) is 3.42. The van der Waals surface area contributed by atoms with Crippen LogP contribution in [0.5, 0.6) is 0 Å². The lowest BCUT2D eigenvalue weighted by molar-refractivity contribution is 0.112. The van der Waals surface area contributed by atoms with Crippen molar-refractivity contribution in [3.63, 3.8) is 0 Å². The van der Waals surface area contributed by atoms with Crippen LogP contribution < -0.4 is 4.31 Å². The van der Waals surface area contributed by atoms with Gasteiger partial charge in [-0.25, -0.2) is 8.42 Å². The molecule has 0 N–H and O–H groups in total. The molecule has 0 fully saturated rings. The van der Waals surface area contributed by atoms with Crippen molar-refractivity contribution in [2.24, 2.45) is 0 Å². The molecule has 0 atom stereocenters. The Bertz CT molecular complexity index is 754. The van der Waals surface area contributed by atoms with Gasteiger partial charge in [-0.05, 0) is 42.3 Å². The molecule has 102 valence electrons. The van der Waals surface area contributed by atoms with Gasteiger partial charge in [0.15, 0.2) is 0 Å². The van der Waals surface area contributed by atoms with Crippen molar-refractivity contribution in [3.8, 4) is 0 Å². The monoisotopic (exact) mass is 287 g/mol. The maximum absolute atomic E-state index is 12.6. The van der Waals surface area contributed by atoms with Crippen molar-refractivity contribution >= 4 is 22.0 Å². The number of nitrogens with zero attached hydrogens (tertiary/aromatic N) is 1. The fourth-order valence-corrected chi connectivity index (χ4v) is 3.96. The van der Waals surface area contributed by atoms with Crippen LogP contribution in [0.2, 0.25) is 0 Å². The molecular formula is C15H13NO3S. The van der Waals surface area contributed by atoms with Crippen molar-refractivity contribution in [2.45, 2.75) is 11.3 Å². The number of hydrogen-bond donors (Lipinski definition) is 0. The van der Waals surface area contributed by atoms with Gasteiger partial charge >= 0.3 is 0 Å². The highest BCUT2D eigenvalue weighted by Crippen LogP contribution is 2.33. The van der Waals surface area contributed by atoms with E-state index in [9.17, 15) is 13.2 Å². The average Bonchev–Trinajstić information content (AvgIpc) is 2.91. The van der Waals surface area contributed by atoms with Gasteiger partial charge in [-0.15, -0.1) is 0 Å². The zero-order valence-corrected chi connectivity index (χ0v) is 11.5. The van der Waals surface area contributed by atoms with Gasteiger partial charge < -0.3 is 0 Å². The topological polar surface area (TPSA) is 54.5 Å². The molecule has 0 aliphatic carbocycles. The van der Waals surface area contributed by atoms with Crippen LogP contribution in [0.4, 0.5) is 5.69 Å². The largest absolute Gasteiger partial charge is 0.298 e. The second-order valence-corrected chi connectivity index (χ2v) is 6.51. The predicted octanol–water partition coefficient (Wildman–Crippen LogP) is 2.25. The summed E-state index contributed by atoms with van der Waals surface area (Å²) in [6, 6.07) is 13.5. The Morgan fingerprint density at radius 3 is 2.50 bits per heavy atom. The van der Waals surface area contributed by atoms with Crippen LogP contribution in [0.1, 0.15) is 15.9 Å².